The first-order chi connectivity index (χ1) is 22.7. The lowest BCUT2D eigenvalue weighted by molar-refractivity contribution is -0.0916. The Morgan fingerprint density at radius 1 is 0.413 bits per heavy atom. The number of hydrogen-bond donors (Lipinski definition) is 0. The smallest absolute Gasteiger partial charge is 0.108 e. The predicted octanol–water partition coefficient (Wildman–Crippen LogP) is 11.5. The molecule has 0 aromatic heterocycles. The van der Waals surface area contributed by atoms with E-state index in [1.54, 1.807) is 10.5 Å². The lowest BCUT2D eigenvalue weighted by Crippen LogP contribution is -2.25. The number of anilines is 2. The summed E-state index contributed by atoms with van der Waals surface area (Å²) in [7, 11) is 0. The van der Waals surface area contributed by atoms with E-state index in [-0.39, 0.29) is 6.10 Å². The van der Waals surface area contributed by atoms with Crippen LogP contribution in [0.3, 0.4) is 0 Å². The average molecular weight is 643 g/mol. The lowest BCUT2D eigenvalue weighted by atomic mass is 10.0. The molecule has 2 aromatic carbocycles. The van der Waals surface area contributed by atoms with E-state index in [9.17, 15) is 0 Å². The fourth-order valence-corrected chi connectivity index (χ4v) is 5.17. The minimum atomic E-state index is -0.190. The summed E-state index contributed by atoms with van der Waals surface area (Å²) in [6.45, 7) is 14.1. The number of rotatable bonds is 30. The van der Waals surface area contributed by atoms with Gasteiger partial charge in [-0.15, -0.1) is 10.5 Å². The SMILES string of the molecule is CCCCCCON(OCCCCCC)c1ccc(C(OCC)c2ccc(N(OCCCCCC)OCCCCCC)cc2)cc1. The van der Waals surface area contributed by atoms with Crippen molar-refractivity contribution in [2.75, 3.05) is 43.5 Å². The third-order valence-electron chi connectivity index (χ3n) is 7.97. The maximum Gasteiger partial charge on any atom is 0.108 e. The van der Waals surface area contributed by atoms with Gasteiger partial charge in [-0.05, 0) is 68.0 Å². The highest BCUT2D eigenvalue weighted by Gasteiger charge is 2.18. The molecule has 7 heteroatoms. The van der Waals surface area contributed by atoms with E-state index in [1.165, 1.54) is 77.0 Å². The Balaban J connectivity index is 2.12. The Bertz CT molecular complexity index is 852. The summed E-state index contributed by atoms with van der Waals surface area (Å²) >= 11 is 0. The molecule has 0 amide bonds. The molecule has 0 fully saturated rings. The molecule has 2 rings (SSSR count). The van der Waals surface area contributed by atoms with Gasteiger partial charge in [-0.1, -0.05) is 129 Å². The van der Waals surface area contributed by atoms with Crippen molar-refractivity contribution in [1.29, 1.82) is 0 Å². The van der Waals surface area contributed by atoms with Crippen LogP contribution in [0.2, 0.25) is 0 Å². The number of ether oxygens (including phenoxy) is 1. The first kappa shape index (κ1) is 40.0. The van der Waals surface area contributed by atoms with Crippen LogP contribution in [0.5, 0.6) is 0 Å². The molecule has 0 heterocycles. The Labute approximate surface area is 281 Å². The van der Waals surface area contributed by atoms with Gasteiger partial charge in [-0.2, -0.15) is 0 Å². The molecule has 262 valence electrons. The Morgan fingerprint density at radius 3 is 0.978 bits per heavy atom. The first-order valence-electron chi connectivity index (χ1n) is 18.6. The second-order valence-electron chi connectivity index (χ2n) is 12.1. The first-order valence-corrected chi connectivity index (χ1v) is 18.6. The summed E-state index contributed by atoms with van der Waals surface area (Å²) in [6.07, 6.45) is 18.3. The Hall–Kier alpha value is -2.16. The van der Waals surface area contributed by atoms with Crippen LogP contribution in [0.1, 0.15) is 155 Å². The Kier molecular flexibility index (Phi) is 23.4. The molecule has 0 aliphatic carbocycles. The van der Waals surface area contributed by atoms with E-state index in [0.717, 1.165) is 48.2 Å². The van der Waals surface area contributed by atoms with Crippen molar-refractivity contribution < 1.29 is 24.1 Å². The van der Waals surface area contributed by atoms with Gasteiger partial charge in [-0.3, -0.25) is 0 Å². The molecule has 0 saturated carbocycles. The summed E-state index contributed by atoms with van der Waals surface area (Å²) in [5.74, 6) is 0. The number of unbranched alkanes of at least 4 members (excludes halogenated alkanes) is 12. The van der Waals surface area contributed by atoms with Gasteiger partial charge in [0.1, 0.15) is 6.10 Å². The van der Waals surface area contributed by atoms with E-state index in [2.05, 4.69) is 76.2 Å². The molecule has 0 unspecified atom stereocenters. The third-order valence-corrected chi connectivity index (χ3v) is 7.97. The monoisotopic (exact) mass is 642 g/mol. The van der Waals surface area contributed by atoms with E-state index < -0.39 is 0 Å². The van der Waals surface area contributed by atoms with E-state index in [4.69, 9.17) is 24.1 Å². The summed E-state index contributed by atoms with van der Waals surface area (Å²) in [6, 6.07) is 16.7. The van der Waals surface area contributed by atoms with E-state index in [1.807, 2.05) is 6.92 Å². The molecule has 46 heavy (non-hydrogen) atoms. The molecule has 0 saturated heterocycles. The zero-order valence-corrected chi connectivity index (χ0v) is 30.0. The second kappa shape index (κ2) is 26.9. The normalized spacial score (nSPS) is 11.4. The molecule has 0 aliphatic rings. The highest BCUT2D eigenvalue weighted by molar-refractivity contribution is 5.48. The highest BCUT2D eigenvalue weighted by atomic mass is 17.0. The van der Waals surface area contributed by atoms with Crippen molar-refractivity contribution >= 4 is 11.4 Å². The van der Waals surface area contributed by atoms with Crippen LogP contribution in [0, 0.1) is 0 Å². The zero-order valence-electron chi connectivity index (χ0n) is 30.0. The quantitative estimate of drug-likeness (QED) is 0.0620. The van der Waals surface area contributed by atoms with Crippen molar-refractivity contribution in [3.63, 3.8) is 0 Å². The maximum atomic E-state index is 6.27. The van der Waals surface area contributed by atoms with Gasteiger partial charge < -0.3 is 4.74 Å². The van der Waals surface area contributed by atoms with Crippen molar-refractivity contribution in [3.8, 4) is 0 Å². The van der Waals surface area contributed by atoms with Crippen LogP contribution in [0.15, 0.2) is 48.5 Å². The number of hydrogen-bond acceptors (Lipinski definition) is 7. The van der Waals surface area contributed by atoms with Gasteiger partial charge in [0.15, 0.2) is 0 Å². The van der Waals surface area contributed by atoms with Crippen LogP contribution >= 0.6 is 0 Å². The van der Waals surface area contributed by atoms with Crippen molar-refractivity contribution in [1.82, 2.24) is 0 Å². The van der Waals surface area contributed by atoms with Crippen molar-refractivity contribution in [2.45, 2.75) is 143 Å². The number of nitrogens with zero attached hydrogens (tertiary/aromatic N) is 2. The predicted molar refractivity (Wildman–Crippen MR) is 192 cm³/mol. The number of benzene rings is 2. The summed E-state index contributed by atoms with van der Waals surface area (Å²) in [5.41, 5.74) is 3.95. The van der Waals surface area contributed by atoms with Crippen LogP contribution in [0.25, 0.3) is 0 Å². The van der Waals surface area contributed by atoms with E-state index >= 15 is 0 Å². The van der Waals surface area contributed by atoms with Gasteiger partial charge in [0.05, 0.1) is 37.8 Å². The summed E-state index contributed by atoms with van der Waals surface area (Å²) < 4.78 is 6.27. The van der Waals surface area contributed by atoms with Crippen molar-refractivity contribution in [3.05, 3.63) is 59.7 Å². The fourth-order valence-electron chi connectivity index (χ4n) is 5.17. The Morgan fingerprint density at radius 2 is 0.717 bits per heavy atom. The van der Waals surface area contributed by atoms with Gasteiger partial charge >= 0.3 is 0 Å². The second-order valence-corrected chi connectivity index (χ2v) is 12.1. The molecular formula is C39H66N2O5. The molecule has 0 N–H and O–H groups in total. The molecule has 0 bridgehead atoms. The summed E-state index contributed by atoms with van der Waals surface area (Å²) in [4.78, 5) is 24.4. The van der Waals surface area contributed by atoms with Crippen LogP contribution in [-0.2, 0) is 24.1 Å². The van der Waals surface area contributed by atoms with Gasteiger partial charge in [-0.25, -0.2) is 19.4 Å². The molecule has 7 nitrogen and oxygen atoms in total. The molecular weight excluding hydrogens is 576 g/mol. The maximum absolute atomic E-state index is 6.27. The molecule has 0 spiro atoms. The van der Waals surface area contributed by atoms with E-state index in [0.29, 0.717) is 33.0 Å². The third kappa shape index (κ3) is 16.6. The molecule has 2 aromatic rings. The van der Waals surface area contributed by atoms with Crippen LogP contribution in [-0.4, -0.2) is 33.0 Å². The average Bonchev–Trinajstić information content (AvgIpc) is 3.08. The van der Waals surface area contributed by atoms with Crippen molar-refractivity contribution in [2.24, 2.45) is 0 Å². The molecule has 0 atom stereocenters. The van der Waals surface area contributed by atoms with Gasteiger partial charge in [0, 0.05) is 6.61 Å². The largest absolute Gasteiger partial charge is 0.369 e. The minimum absolute atomic E-state index is 0.190. The standard InChI is InChI=1S/C39H66N2O5/c1-6-11-15-19-31-43-40(44-32-20-16-12-7-2)37-27-23-35(24-28-37)39(42-10-5)36-25-29-38(30-26-36)41(45-33-21-17-13-8-3)46-34-22-18-14-9-4/h23-30,39H,6-22,31-34H2,1-5H3. The van der Waals surface area contributed by atoms with Gasteiger partial charge in [0.25, 0.3) is 0 Å². The summed E-state index contributed by atoms with van der Waals surface area (Å²) in [5, 5.41) is 3.23. The molecule has 0 radical (unpaired) electrons. The fraction of sp³-hybridized carbons (Fsp3) is 0.692. The van der Waals surface area contributed by atoms with Crippen LogP contribution < -0.4 is 10.5 Å². The molecule has 0 aliphatic heterocycles. The van der Waals surface area contributed by atoms with Crippen LogP contribution in [0.4, 0.5) is 11.4 Å². The lowest BCUT2D eigenvalue weighted by Gasteiger charge is -2.25. The minimum Gasteiger partial charge on any atom is -0.369 e. The van der Waals surface area contributed by atoms with Gasteiger partial charge in [0.2, 0.25) is 0 Å². The highest BCUT2D eigenvalue weighted by Crippen LogP contribution is 2.30. The zero-order chi connectivity index (χ0) is 33.1. The topological polar surface area (TPSA) is 52.6 Å².